The Morgan fingerprint density at radius 2 is 1.80 bits per heavy atom. The number of aromatic nitrogens is 2. The van der Waals surface area contributed by atoms with Gasteiger partial charge in [0.1, 0.15) is 23.3 Å². The molecule has 1 unspecified atom stereocenters. The summed E-state index contributed by atoms with van der Waals surface area (Å²) in [6.07, 6.45) is 2.83. The quantitative estimate of drug-likeness (QED) is 0.239. The van der Waals surface area contributed by atoms with Crippen molar-refractivity contribution in [2.24, 2.45) is 5.92 Å². The van der Waals surface area contributed by atoms with Crippen LogP contribution in [0.4, 0.5) is 0 Å². The van der Waals surface area contributed by atoms with Crippen LogP contribution in [0.2, 0.25) is 18.1 Å². The zero-order chi connectivity index (χ0) is 25.8. The highest BCUT2D eigenvalue weighted by Crippen LogP contribution is 2.44. The molecule has 6 nitrogen and oxygen atoms in total. The fourth-order valence-electron chi connectivity index (χ4n) is 3.85. The van der Waals surface area contributed by atoms with Gasteiger partial charge in [-0.3, -0.25) is 0 Å². The smallest absolute Gasteiger partial charge is 0.193 e. The van der Waals surface area contributed by atoms with Crippen molar-refractivity contribution in [3.8, 4) is 11.5 Å². The molecule has 0 aliphatic rings. The summed E-state index contributed by atoms with van der Waals surface area (Å²) in [7, 11) is 1.20. The predicted octanol–water partition coefficient (Wildman–Crippen LogP) is 6.60. The van der Waals surface area contributed by atoms with Crippen LogP contribution in [0.5, 0.6) is 11.5 Å². The third kappa shape index (κ3) is 6.26. The molecular formula is C28H43N3O3Si. The summed E-state index contributed by atoms with van der Waals surface area (Å²) >= 11 is 0. The van der Waals surface area contributed by atoms with Gasteiger partial charge in [-0.05, 0) is 67.3 Å². The van der Waals surface area contributed by atoms with E-state index in [1.165, 1.54) is 0 Å². The van der Waals surface area contributed by atoms with Gasteiger partial charge in [-0.25, -0.2) is 4.98 Å². The molecule has 0 aliphatic carbocycles. The molecular weight excluding hydrogens is 454 g/mol. The zero-order valence-electron chi connectivity index (χ0n) is 22.9. The van der Waals surface area contributed by atoms with Crippen LogP contribution >= 0.6 is 0 Å². The monoisotopic (exact) mass is 497 g/mol. The average molecular weight is 498 g/mol. The predicted molar refractivity (Wildman–Crippen MR) is 146 cm³/mol. The third-order valence-corrected chi connectivity index (χ3v) is 11.5. The number of hydrogen-bond donors (Lipinski definition) is 1. The van der Waals surface area contributed by atoms with Gasteiger partial charge in [0.05, 0.1) is 25.6 Å². The van der Waals surface area contributed by atoms with Gasteiger partial charge in [-0.1, -0.05) is 40.7 Å². The number of ether oxygens (including phenoxy) is 2. The average Bonchev–Trinajstić information content (AvgIpc) is 3.17. The molecule has 0 spiro atoms. The number of methoxy groups -OCH3 is 2. The van der Waals surface area contributed by atoms with E-state index in [0.717, 1.165) is 47.1 Å². The number of fused-ring (bicyclic) bond motifs is 1. The Kier molecular flexibility index (Phi) is 8.67. The van der Waals surface area contributed by atoms with Gasteiger partial charge in [-0.2, -0.15) is 0 Å². The van der Waals surface area contributed by atoms with Crippen molar-refractivity contribution in [1.29, 1.82) is 0 Å². The fraction of sp³-hybridized carbons (Fsp3) is 0.536. The SMILES string of the molecule is COc1ccc(OC)c(C(O[Si](C)(C)C(C)(C)C)c2c(CNCCC(C)C)nc3ccccn23)c1. The number of imidazole rings is 1. The van der Waals surface area contributed by atoms with Gasteiger partial charge >= 0.3 is 0 Å². The van der Waals surface area contributed by atoms with E-state index >= 15 is 0 Å². The second-order valence-corrected chi connectivity index (χ2v) is 15.9. The highest BCUT2D eigenvalue weighted by molar-refractivity contribution is 6.74. The first-order valence-electron chi connectivity index (χ1n) is 12.5. The minimum Gasteiger partial charge on any atom is -0.497 e. The van der Waals surface area contributed by atoms with Gasteiger partial charge in [0.15, 0.2) is 8.32 Å². The van der Waals surface area contributed by atoms with Crippen LogP contribution in [0.25, 0.3) is 5.65 Å². The van der Waals surface area contributed by atoms with Crippen LogP contribution in [0.3, 0.4) is 0 Å². The first-order chi connectivity index (χ1) is 16.5. The molecule has 3 aromatic rings. The van der Waals surface area contributed by atoms with Gasteiger partial charge in [-0.15, -0.1) is 0 Å². The molecule has 0 bridgehead atoms. The number of rotatable bonds is 11. The number of pyridine rings is 1. The molecule has 7 heteroatoms. The van der Waals surface area contributed by atoms with Crippen LogP contribution in [0.1, 0.15) is 64.1 Å². The lowest BCUT2D eigenvalue weighted by Crippen LogP contribution is -2.42. The van der Waals surface area contributed by atoms with Gasteiger partial charge < -0.3 is 23.6 Å². The second kappa shape index (κ2) is 11.1. The van der Waals surface area contributed by atoms with E-state index in [1.807, 2.05) is 36.4 Å². The Hall–Kier alpha value is -2.35. The van der Waals surface area contributed by atoms with Crippen molar-refractivity contribution < 1.29 is 13.9 Å². The van der Waals surface area contributed by atoms with Crippen molar-refractivity contribution in [1.82, 2.24) is 14.7 Å². The van der Waals surface area contributed by atoms with Crippen LogP contribution < -0.4 is 14.8 Å². The lowest BCUT2D eigenvalue weighted by molar-refractivity contribution is 0.209. The topological polar surface area (TPSA) is 57.0 Å². The lowest BCUT2D eigenvalue weighted by Gasteiger charge is -2.39. The molecule has 0 saturated heterocycles. The normalized spacial score (nSPS) is 13.4. The largest absolute Gasteiger partial charge is 0.497 e. The highest BCUT2D eigenvalue weighted by Gasteiger charge is 2.41. The molecule has 35 heavy (non-hydrogen) atoms. The maximum absolute atomic E-state index is 7.18. The molecule has 2 aromatic heterocycles. The van der Waals surface area contributed by atoms with Crippen LogP contribution in [-0.2, 0) is 11.0 Å². The number of nitrogens with zero attached hydrogens (tertiary/aromatic N) is 2. The van der Waals surface area contributed by atoms with Gasteiger partial charge in [0, 0.05) is 18.3 Å². The summed E-state index contributed by atoms with van der Waals surface area (Å²) in [5, 5.41) is 3.64. The van der Waals surface area contributed by atoms with E-state index < -0.39 is 8.32 Å². The van der Waals surface area contributed by atoms with E-state index in [2.05, 4.69) is 63.6 Å². The number of hydrogen-bond acceptors (Lipinski definition) is 5. The second-order valence-electron chi connectivity index (χ2n) is 11.1. The van der Waals surface area contributed by atoms with Crippen LogP contribution in [-0.4, -0.2) is 38.5 Å². The van der Waals surface area contributed by atoms with E-state index in [-0.39, 0.29) is 11.1 Å². The fourth-order valence-corrected chi connectivity index (χ4v) is 5.03. The molecule has 3 rings (SSSR count). The first-order valence-corrected chi connectivity index (χ1v) is 15.5. The Bertz CT molecular complexity index is 1120. The molecule has 0 aliphatic heterocycles. The Morgan fingerprint density at radius 3 is 2.43 bits per heavy atom. The van der Waals surface area contributed by atoms with Crippen molar-refractivity contribution in [2.45, 2.75) is 71.8 Å². The van der Waals surface area contributed by atoms with Crippen molar-refractivity contribution in [2.75, 3.05) is 20.8 Å². The minimum absolute atomic E-state index is 0.0352. The Morgan fingerprint density at radius 1 is 1.06 bits per heavy atom. The van der Waals surface area contributed by atoms with Crippen LogP contribution in [0, 0.1) is 5.92 Å². The molecule has 1 aromatic carbocycles. The Labute approximate surface area is 212 Å². The minimum atomic E-state index is -2.19. The Balaban J connectivity index is 2.20. The van der Waals surface area contributed by atoms with E-state index in [1.54, 1.807) is 14.2 Å². The molecule has 0 radical (unpaired) electrons. The summed E-state index contributed by atoms with van der Waals surface area (Å²) < 4.78 is 20.8. The molecule has 0 saturated carbocycles. The summed E-state index contributed by atoms with van der Waals surface area (Å²) in [6.45, 7) is 17.5. The molecule has 0 fully saturated rings. The summed E-state index contributed by atoms with van der Waals surface area (Å²) in [5.74, 6) is 2.20. The number of nitrogens with one attached hydrogen (secondary N) is 1. The summed E-state index contributed by atoms with van der Waals surface area (Å²) in [4.78, 5) is 5.03. The molecule has 0 amide bonds. The first kappa shape index (κ1) is 27.2. The summed E-state index contributed by atoms with van der Waals surface area (Å²) in [6, 6.07) is 12.0. The molecule has 192 valence electrons. The van der Waals surface area contributed by atoms with Crippen LogP contribution in [0.15, 0.2) is 42.6 Å². The van der Waals surface area contributed by atoms with Gasteiger partial charge in [0.2, 0.25) is 0 Å². The maximum atomic E-state index is 7.18. The van der Waals surface area contributed by atoms with E-state index in [9.17, 15) is 0 Å². The molecule has 2 heterocycles. The van der Waals surface area contributed by atoms with E-state index in [4.69, 9.17) is 18.9 Å². The zero-order valence-corrected chi connectivity index (χ0v) is 23.9. The van der Waals surface area contributed by atoms with Gasteiger partial charge in [0.25, 0.3) is 0 Å². The maximum Gasteiger partial charge on any atom is 0.193 e. The standard InChI is InChI=1S/C28H43N3O3Si/c1-20(2)15-16-29-19-23-26(31-17-11-10-12-25(31)30-23)27(34-35(8,9)28(3,4)5)22-18-21(32-6)13-14-24(22)33-7/h10-14,17-18,20,27,29H,15-16,19H2,1-9H3. The van der Waals surface area contributed by atoms with Crippen molar-refractivity contribution in [3.63, 3.8) is 0 Å². The van der Waals surface area contributed by atoms with Crippen molar-refractivity contribution >= 4 is 14.0 Å². The highest BCUT2D eigenvalue weighted by atomic mass is 28.4. The number of benzene rings is 1. The molecule has 1 N–H and O–H groups in total. The molecule has 1 atom stereocenters. The van der Waals surface area contributed by atoms with Crippen molar-refractivity contribution in [3.05, 3.63) is 59.5 Å². The lowest BCUT2D eigenvalue weighted by atomic mass is 10.0. The third-order valence-electron chi connectivity index (χ3n) is 7.02. The van der Waals surface area contributed by atoms with E-state index in [0.29, 0.717) is 12.5 Å². The summed E-state index contributed by atoms with van der Waals surface area (Å²) in [5.41, 5.74) is 3.89.